The second-order valence-electron chi connectivity index (χ2n) is 2.12. The van der Waals surface area contributed by atoms with Gasteiger partial charge in [0.1, 0.15) is 5.75 Å². The van der Waals surface area contributed by atoms with Crippen molar-refractivity contribution in [3.8, 4) is 18.1 Å². The molecule has 5 heteroatoms. The van der Waals surface area contributed by atoms with Crippen molar-refractivity contribution in [2.45, 2.75) is 6.92 Å². The zero-order valence-corrected chi connectivity index (χ0v) is 7.26. The number of terminal acetylenes is 1. The van der Waals surface area contributed by atoms with E-state index in [0.717, 1.165) is 4.88 Å². The van der Waals surface area contributed by atoms with Crippen LogP contribution in [0.1, 0.15) is 9.75 Å². The van der Waals surface area contributed by atoms with Gasteiger partial charge in [0, 0.05) is 10.9 Å². The molecule has 0 atom stereocenters. The first-order valence-corrected chi connectivity index (χ1v) is 4.05. The fourth-order valence-corrected chi connectivity index (χ4v) is 1.53. The van der Waals surface area contributed by atoms with E-state index in [1.165, 1.54) is 11.3 Å². The first-order chi connectivity index (χ1) is 5.63. The Bertz CT molecular complexity index is 313. The molecule has 0 radical (unpaired) electrons. The van der Waals surface area contributed by atoms with Crippen molar-refractivity contribution in [1.29, 1.82) is 0 Å². The van der Waals surface area contributed by atoms with Crippen LogP contribution >= 0.6 is 11.3 Å². The average molecular weight is 182 g/mol. The fourth-order valence-electron chi connectivity index (χ4n) is 0.767. The Morgan fingerprint density at radius 1 is 1.67 bits per heavy atom. The van der Waals surface area contributed by atoms with Gasteiger partial charge in [0.15, 0.2) is 0 Å². The third kappa shape index (κ3) is 2.01. The standard InChI is InChI=1S/C7H7BO3S/c1-3-6-4-7(5(2)12-6)11-8(9)10/h1,4,9-10H,2H3. The highest BCUT2D eigenvalue weighted by atomic mass is 32.1. The smallest absolute Gasteiger partial charge is 0.511 e. The van der Waals surface area contributed by atoms with Crippen LogP contribution in [0.25, 0.3) is 0 Å². The Morgan fingerprint density at radius 2 is 2.33 bits per heavy atom. The van der Waals surface area contributed by atoms with E-state index in [4.69, 9.17) is 16.5 Å². The predicted molar refractivity (Wildman–Crippen MR) is 47.8 cm³/mol. The molecule has 0 saturated carbocycles. The van der Waals surface area contributed by atoms with Crippen molar-refractivity contribution in [1.82, 2.24) is 0 Å². The van der Waals surface area contributed by atoms with Gasteiger partial charge in [-0.05, 0) is 6.92 Å². The summed E-state index contributed by atoms with van der Waals surface area (Å²) in [6.45, 7) is 1.79. The van der Waals surface area contributed by atoms with Crippen molar-refractivity contribution in [3.63, 3.8) is 0 Å². The minimum atomic E-state index is -1.79. The summed E-state index contributed by atoms with van der Waals surface area (Å²) >= 11 is 1.37. The van der Waals surface area contributed by atoms with E-state index in [1.54, 1.807) is 13.0 Å². The summed E-state index contributed by atoms with van der Waals surface area (Å²) in [5.41, 5.74) is 0. The molecule has 0 aliphatic heterocycles. The summed E-state index contributed by atoms with van der Waals surface area (Å²) in [6, 6.07) is 1.60. The molecule has 0 aliphatic rings. The highest BCUT2D eigenvalue weighted by Gasteiger charge is 2.14. The predicted octanol–water partition coefficient (Wildman–Crippen LogP) is 0.386. The van der Waals surface area contributed by atoms with Gasteiger partial charge in [-0.15, -0.1) is 17.8 Å². The molecule has 62 valence electrons. The molecule has 1 heterocycles. The summed E-state index contributed by atoms with van der Waals surface area (Å²) in [6.07, 6.45) is 5.14. The molecule has 3 nitrogen and oxygen atoms in total. The summed E-state index contributed by atoms with van der Waals surface area (Å²) in [7, 11) is -1.79. The third-order valence-corrected chi connectivity index (χ3v) is 2.21. The quantitative estimate of drug-likeness (QED) is 0.513. The zero-order chi connectivity index (χ0) is 9.14. The Morgan fingerprint density at radius 3 is 2.75 bits per heavy atom. The number of hydrogen-bond acceptors (Lipinski definition) is 4. The minimum Gasteiger partial charge on any atom is -0.511 e. The van der Waals surface area contributed by atoms with Crippen molar-refractivity contribution in [2.75, 3.05) is 0 Å². The number of aryl methyl sites for hydroxylation is 1. The van der Waals surface area contributed by atoms with Gasteiger partial charge in [-0.2, -0.15) is 0 Å². The van der Waals surface area contributed by atoms with Crippen molar-refractivity contribution in [3.05, 3.63) is 15.8 Å². The highest BCUT2D eigenvalue weighted by Crippen LogP contribution is 2.27. The van der Waals surface area contributed by atoms with Crippen molar-refractivity contribution in [2.24, 2.45) is 0 Å². The van der Waals surface area contributed by atoms with E-state index in [0.29, 0.717) is 10.6 Å². The van der Waals surface area contributed by atoms with Crippen LogP contribution in [-0.2, 0) is 0 Å². The molecule has 0 unspecified atom stereocenters. The Balaban J connectivity index is 2.86. The van der Waals surface area contributed by atoms with Crippen molar-refractivity contribution >= 4 is 18.7 Å². The molecule has 2 N–H and O–H groups in total. The molecule has 1 aromatic heterocycles. The maximum atomic E-state index is 8.50. The Hall–Kier alpha value is -0.955. The Labute approximate surface area is 74.8 Å². The van der Waals surface area contributed by atoms with E-state index in [-0.39, 0.29) is 0 Å². The van der Waals surface area contributed by atoms with E-state index >= 15 is 0 Å². The molecule has 0 aromatic carbocycles. The SMILES string of the molecule is C#Cc1cc(OB(O)O)c(C)s1. The fraction of sp³-hybridized carbons (Fsp3) is 0.143. The number of thiophene rings is 1. The lowest BCUT2D eigenvalue weighted by molar-refractivity contribution is 0.288. The van der Waals surface area contributed by atoms with Crippen LogP contribution in [0.4, 0.5) is 0 Å². The summed E-state index contributed by atoms with van der Waals surface area (Å²) in [5, 5.41) is 17.0. The monoisotopic (exact) mass is 182 g/mol. The van der Waals surface area contributed by atoms with Crippen LogP contribution in [-0.4, -0.2) is 17.4 Å². The normalized spacial score (nSPS) is 9.17. The first kappa shape index (κ1) is 9.14. The van der Waals surface area contributed by atoms with Crippen molar-refractivity contribution < 1.29 is 14.7 Å². The van der Waals surface area contributed by atoms with E-state index in [2.05, 4.69) is 10.6 Å². The van der Waals surface area contributed by atoms with Crippen LogP contribution in [0.3, 0.4) is 0 Å². The van der Waals surface area contributed by atoms with Crippen LogP contribution in [0.15, 0.2) is 6.07 Å². The van der Waals surface area contributed by atoms with Gasteiger partial charge in [0.05, 0.1) is 4.88 Å². The number of rotatable bonds is 2. The van der Waals surface area contributed by atoms with Gasteiger partial charge in [-0.3, -0.25) is 0 Å². The van der Waals surface area contributed by atoms with Gasteiger partial charge in [-0.1, -0.05) is 5.92 Å². The van der Waals surface area contributed by atoms with Crippen LogP contribution in [0.5, 0.6) is 5.75 Å². The molecular weight excluding hydrogens is 175 g/mol. The summed E-state index contributed by atoms with van der Waals surface area (Å²) in [5.74, 6) is 2.86. The molecule has 1 rings (SSSR count). The molecule has 0 amide bonds. The molecule has 1 aromatic rings. The summed E-state index contributed by atoms with van der Waals surface area (Å²) < 4.78 is 4.65. The average Bonchev–Trinajstić information content (AvgIpc) is 2.31. The second-order valence-corrected chi connectivity index (χ2v) is 3.38. The van der Waals surface area contributed by atoms with Gasteiger partial charge in [0.25, 0.3) is 0 Å². The molecule has 0 spiro atoms. The molecule has 0 aliphatic carbocycles. The Kier molecular flexibility index (Phi) is 2.76. The van der Waals surface area contributed by atoms with Gasteiger partial charge >= 0.3 is 7.32 Å². The van der Waals surface area contributed by atoms with E-state index in [1.807, 2.05) is 0 Å². The lowest BCUT2D eigenvalue weighted by Gasteiger charge is -2.01. The molecule has 0 bridgehead atoms. The highest BCUT2D eigenvalue weighted by molar-refractivity contribution is 7.12. The van der Waals surface area contributed by atoms with E-state index < -0.39 is 7.32 Å². The van der Waals surface area contributed by atoms with Crippen LogP contribution in [0, 0.1) is 19.3 Å². The molecule has 0 fully saturated rings. The molecular formula is C7H7BO3S. The lowest BCUT2D eigenvalue weighted by Crippen LogP contribution is -2.20. The van der Waals surface area contributed by atoms with Crippen LogP contribution in [0.2, 0.25) is 0 Å². The zero-order valence-electron chi connectivity index (χ0n) is 6.44. The lowest BCUT2D eigenvalue weighted by atomic mass is 10.2. The maximum absolute atomic E-state index is 8.50. The van der Waals surface area contributed by atoms with Gasteiger partial charge < -0.3 is 14.7 Å². The number of hydrogen-bond donors (Lipinski definition) is 2. The van der Waals surface area contributed by atoms with Gasteiger partial charge in [-0.25, -0.2) is 0 Å². The topological polar surface area (TPSA) is 49.7 Å². The minimum absolute atomic E-state index is 0.419. The third-order valence-electron chi connectivity index (χ3n) is 1.25. The second kappa shape index (κ2) is 3.63. The summed E-state index contributed by atoms with van der Waals surface area (Å²) in [4.78, 5) is 1.54. The maximum Gasteiger partial charge on any atom is 0.707 e. The molecule has 12 heavy (non-hydrogen) atoms. The first-order valence-electron chi connectivity index (χ1n) is 3.23. The largest absolute Gasteiger partial charge is 0.707 e. The van der Waals surface area contributed by atoms with E-state index in [9.17, 15) is 0 Å². The van der Waals surface area contributed by atoms with Crippen LogP contribution < -0.4 is 4.65 Å². The molecule has 0 saturated heterocycles. The van der Waals surface area contributed by atoms with Gasteiger partial charge in [0.2, 0.25) is 0 Å².